The van der Waals surface area contributed by atoms with Crippen LogP contribution in [0.5, 0.6) is 11.5 Å². The SMILES string of the molecule is CCCCCCCCCCCCC[C@H](C[C@H](Cc1ccc(OC)cc1)C[C@@H](O)CCc1ccc(O[Si](C)(C)C(C)(C)C)cc1)O[Si](C)(C)C(C)(C)C. The lowest BCUT2D eigenvalue weighted by molar-refractivity contribution is 0.0969. The highest BCUT2D eigenvalue weighted by atomic mass is 28.4. The van der Waals surface area contributed by atoms with Gasteiger partial charge in [-0.15, -0.1) is 0 Å². The molecule has 0 aliphatic rings. The van der Waals surface area contributed by atoms with Crippen molar-refractivity contribution in [3.8, 4) is 11.5 Å². The van der Waals surface area contributed by atoms with Crippen LogP contribution >= 0.6 is 0 Å². The number of rotatable bonds is 26. The largest absolute Gasteiger partial charge is 0.544 e. The van der Waals surface area contributed by atoms with E-state index >= 15 is 0 Å². The molecule has 52 heavy (non-hydrogen) atoms. The van der Waals surface area contributed by atoms with E-state index in [2.05, 4.69) is 123 Å². The van der Waals surface area contributed by atoms with Crippen LogP contribution in [0, 0.1) is 5.92 Å². The van der Waals surface area contributed by atoms with Crippen LogP contribution in [0.25, 0.3) is 0 Å². The van der Waals surface area contributed by atoms with Crippen LogP contribution in [0.3, 0.4) is 0 Å². The number of hydrogen-bond donors (Lipinski definition) is 1. The molecule has 2 aromatic rings. The Bertz CT molecular complexity index is 1210. The fourth-order valence-corrected chi connectivity index (χ4v) is 9.02. The fourth-order valence-electron chi connectivity index (χ4n) is 6.59. The van der Waals surface area contributed by atoms with Gasteiger partial charge in [-0.05, 0) is 116 Å². The molecule has 3 atom stereocenters. The van der Waals surface area contributed by atoms with Gasteiger partial charge in [-0.1, -0.05) is 143 Å². The molecular formula is C46H82O4Si2. The van der Waals surface area contributed by atoms with Crippen molar-refractivity contribution in [2.24, 2.45) is 5.92 Å². The normalized spacial score (nSPS) is 14.6. The van der Waals surface area contributed by atoms with Crippen molar-refractivity contribution >= 4 is 16.6 Å². The molecule has 0 amide bonds. The van der Waals surface area contributed by atoms with E-state index in [0.29, 0.717) is 5.92 Å². The molecular weight excluding hydrogens is 673 g/mol. The van der Waals surface area contributed by atoms with Crippen molar-refractivity contribution in [1.82, 2.24) is 0 Å². The Labute approximate surface area is 324 Å². The minimum absolute atomic E-state index is 0.165. The zero-order chi connectivity index (χ0) is 38.8. The maximum atomic E-state index is 11.5. The summed E-state index contributed by atoms with van der Waals surface area (Å²) >= 11 is 0. The topological polar surface area (TPSA) is 47.9 Å². The van der Waals surface area contributed by atoms with Gasteiger partial charge in [0.15, 0.2) is 8.32 Å². The van der Waals surface area contributed by atoms with Crippen molar-refractivity contribution in [3.05, 3.63) is 59.7 Å². The number of aliphatic hydroxyl groups is 1. The average molecular weight is 755 g/mol. The molecule has 6 heteroatoms. The van der Waals surface area contributed by atoms with Crippen LogP contribution in [-0.2, 0) is 17.3 Å². The van der Waals surface area contributed by atoms with E-state index in [9.17, 15) is 5.11 Å². The van der Waals surface area contributed by atoms with Crippen molar-refractivity contribution in [2.75, 3.05) is 7.11 Å². The van der Waals surface area contributed by atoms with Crippen LogP contribution in [0.1, 0.15) is 156 Å². The number of benzene rings is 2. The molecule has 0 heterocycles. The van der Waals surface area contributed by atoms with Gasteiger partial charge in [0.2, 0.25) is 8.32 Å². The summed E-state index contributed by atoms with van der Waals surface area (Å²) in [6.45, 7) is 25.5. The smallest absolute Gasteiger partial charge is 0.250 e. The third kappa shape index (κ3) is 17.7. The van der Waals surface area contributed by atoms with E-state index in [1.54, 1.807) is 7.11 Å². The Morgan fingerprint density at radius 3 is 1.58 bits per heavy atom. The quantitative estimate of drug-likeness (QED) is 0.0767. The summed E-state index contributed by atoms with van der Waals surface area (Å²) < 4.78 is 19.2. The molecule has 4 nitrogen and oxygen atoms in total. The molecule has 0 spiro atoms. The number of methoxy groups -OCH3 is 1. The van der Waals surface area contributed by atoms with Crippen molar-refractivity contribution in [2.45, 2.75) is 206 Å². The zero-order valence-electron chi connectivity index (χ0n) is 36.0. The molecule has 2 rings (SSSR count). The molecule has 0 unspecified atom stereocenters. The van der Waals surface area contributed by atoms with Crippen LogP contribution in [0.2, 0.25) is 36.3 Å². The van der Waals surface area contributed by atoms with E-state index in [4.69, 9.17) is 13.6 Å². The first-order valence-corrected chi connectivity index (χ1v) is 26.9. The number of hydrogen-bond acceptors (Lipinski definition) is 4. The second kappa shape index (κ2) is 22.7. The van der Waals surface area contributed by atoms with Gasteiger partial charge in [-0.2, -0.15) is 0 Å². The Hall–Kier alpha value is -1.61. The van der Waals surface area contributed by atoms with Crippen molar-refractivity contribution < 1.29 is 18.7 Å². The van der Waals surface area contributed by atoms with Gasteiger partial charge in [-0.25, -0.2) is 0 Å². The van der Waals surface area contributed by atoms with Crippen LogP contribution in [-0.4, -0.2) is 41.1 Å². The highest BCUT2D eigenvalue weighted by Gasteiger charge is 2.40. The molecule has 2 aromatic carbocycles. The lowest BCUT2D eigenvalue weighted by atomic mass is 9.86. The van der Waals surface area contributed by atoms with Gasteiger partial charge in [0.25, 0.3) is 0 Å². The number of ether oxygens (including phenoxy) is 1. The Balaban J connectivity index is 2.08. The number of unbranched alkanes of at least 4 members (excludes halogenated alkanes) is 10. The Kier molecular flexibility index (Phi) is 20.3. The third-order valence-corrected chi connectivity index (χ3v) is 21.0. The molecule has 0 saturated carbocycles. The molecule has 0 bridgehead atoms. The zero-order valence-corrected chi connectivity index (χ0v) is 38.0. The first kappa shape index (κ1) is 46.5. The average Bonchev–Trinajstić information content (AvgIpc) is 3.05. The minimum atomic E-state index is -1.96. The standard InChI is InChI=1S/C46H82O4Si2/c1-13-14-15-16-17-18-19-20-21-22-23-24-44(50-52(11,12)46(5,6)7)37-40(35-39-28-31-42(48-8)32-29-39)36-41(47)30-25-38-26-33-43(34-27-38)49-51(9,10)45(2,3)4/h26-29,31-34,40-41,44,47H,13-25,30,35-37H2,1-12H3/t40-,41+,44-/m1/s1. The summed E-state index contributed by atoms with van der Waals surface area (Å²) in [4.78, 5) is 0. The Morgan fingerprint density at radius 2 is 1.08 bits per heavy atom. The molecule has 0 aliphatic carbocycles. The molecule has 0 aliphatic heterocycles. The summed E-state index contributed by atoms with van der Waals surface area (Å²) in [5.74, 6) is 2.18. The minimum Gasteiger partial charge on any atom is -0.544 e. The van der Waals surface area contributed by atoms with Gasteiger partial charge in [0.05, 0.1) is 13.2 Å². The maximum absolute atomic E-state index is 11.5. The summed E-state index contributed by atoms with van der Waals surface area (Å²) in [6.07, 6.45) is 20.2. The highest BCUT2D eigenvalue weighted by Crippen LogP contribution is 2.40. The van der Waals surface area contributed by atoms with E-state index in [1.165, 1.54) is 81.8 Å². The number of aryl methyl sites for hydroxylation is 1. The van der Waals surface area contributed by atoms with Gasteiger partial charge in [0.1, 0.15) is 11.5 Å². The summed E-state index contributed by atoms with van der Waals surface area (Å²) in [6, 6.07) is 17.1. The maximum Gasteiger partial charge on any atom is 0.250 e. The van der Waals surface area contributed by atoms with E-state index in [0.717, 1.165) is 50.0 Å². The summed E-state index contributed by atoms with van der Waals surface area (Å²) in [5.41, 5.74) is 2.56. The van der Waals surface area contributed by atoms with Gasteiger partial charge in [0, 0.05) is 6.10 Å². The van der Waals surface area contributed by atoms with Gasteiger partial charge < -0.3 is 18.7 Å². The lowest BCUT2D eigenvalue weighted by Gasteiger charge is -2.40. The lowest BCUT2D eigenvalue weighted by Crippen LogP contribution is -2.44. The van der Waals surface area contributed by atoms with E-state index in [1.807, 2.05) is 0 Å². The first-order chi connectivity index (χ1) is 24.4. The van der Waals surface area contributed by atoms with Crippen LogP contribution in [0.4, 0.5) is 0 Å². The third-order valence-electron chi connectivity index (χ3n) is 12.2. The van der Waals surface area contributed by atoms with E-state index < -0.39 is 16.6 Å². The molecule has 298 valence electrons. The highest BCUT2D eigenvalue weighted by molar-refractivity contribution is 6.75. The second-order valence-electron chi connectivity index (χ2n) is 18.9. The molecule has 0 radical (unpaired) electrons. The summed E-state index contributed by atoms with van der Waals surface area (Å²) in [5, 5.41) is 11.9. The molecule has 1 N–H and O–H groups in total. The Morgan fingerprint density at radius 1 is 0.596 bits per heavy atom. The predicted octanol–water partition coefficient (Wildman–Crippen LogP) is 14.1. The summed E-state index contributed by atoms with van der Waals surface area (Å²) in [7, 11) is -2.11. The van der Waals surface area contributed by atoms with Crippen LogP contribution < -0.4 is 9.16 Å². The monoisotopic (exact) mass is 755 g/mol. The first-order valence-electron chi connectivity index (χ1n) is 21.1. The van der Waals surface area contributed by atoms with Gasteiger partial charge in [-0.3, -0.25) is 0 Å². The molecule has 0 fully saturated rings. The molecule has 0 aromatic heterocycles. The fraction of sp³-hybridized carbons (Fsp3) is 0.739. The van der Waals surface area contributed by atoms with E-state index in [-0.39, 0.29) is 22.3 Å². The second-order valence-corrected chi connectivity index (χ2v) is 28.4. The predicted molar refractivity (Wildman–Crippen MR) is 231 cm³/mol. The van der Waals surface area contributed by atoms with Crippen LogP contribution in [0.15, 0.2) is 48.5 Å². The van der Waals surface area contributed by atoms with Gasteiger partial charge >= 0.3 is 0 Å². The van der Waals surface area contributed by atoms with Crippen molar-refractivity contribution in [3.63, 3.8) is 0 Å². The van der Waals surface area contributed by atoms with Crippen molar-refractivity contribution in [1.29, 1.82) is 0 Å². The molecule has 0 saturated heterocycles. The number of aliphatic hydroxyl groups excluding tert-OH is 1.